The molecular weight excluding hydrogens is 268 g/mol. The van der Waals surface area contributed by atoms with Crippen LogP contribution < -0.4 is 15.4 Å². The summed E-state index contributed by atoms with van der Waals surface area (Å²) in [7, 11) is 0. The van der Waals surface area contributed by atoms with Gasteiger partial charge >= 0.3 is 0 Å². The van der Waals surface area contributed by atoms with Crippen molar-refractivity contribution in [3.63, 3.8) is 0 Å². The van der Waals surface area contributed by atoms with Crippen molar-refractivity contribution in [2.45, 2.75) is 44.6 Å². The quantitative estimate of drug-likeness (QED) is 0.878. The molecule has 2 N–H and O–H groups in total. The number of amides is 2. The number of nitrogens with one attached hydrogen (secondary N) is 2. The fraction of sp³-hybridized carbons (Fsp3) is 0.500. The van der Waals surface area contributed by atoms with Crippen molar-refractivity contribution in [3.8, 4) is 5.75 Å². The third-order valence-electron chi connectivity index (χ3n) is 4.04. The minimum absolute atomic E-state index is 0.0804. The van der Waals surface area contributed by atoms with Crippen LogP contribution in [0.5, 0.6) is 5.75 Å². The Bertz CT molecular complexity index is 550. The summed E-state index contributed by atoms with van der Waals surface area (Å²) in [6, 6.07) is 5.46. The Morgan fingerprint density at radius 2 is 2.05 bits per heavy atom. The van der Waals surface area contributed by atoms with Crippen LogP contribution >= 0.6 is 0 Å². The van der Waals surface area contributed by atoms with E-state index in [1.807, 2.05) is 0 Å². The van der Waals surface area contributed by atoms with Gasteiger partial charge in [0.25, 0.3) is 5.91 Å². The molecule has 3 rings (SSSR count). The first-order valence-corrected chi connectivity index (χ1v) is 7.60. The van der Waals surface area contributed by atoms with Gasteiger partial charge in [-0.15, -0.1) is 0 Å². The summed E-state index contributed by atoms with van der Waals surface area (Å²) >= 11 is 0. The predicted molar refractivity (Wildman–Crippen MR) is 79.5 cm³/mol. The molecule has 5 nitrogen and oxygen atoms in total. The largest absolute Gasteiger partial charge is 0.491 e. The Morgan fingerprint density at radius 1 is 1.24 bits per heavy atom. The van der Waals surface area contributed by atoms with E-state index in [0.29, 0.717) is 30.0 Å². The molecule has 1 aromatic carbocycles. The number of rotatable bonds is 2. The average molecular weight is 288 g/mol. The van der Waals surface area contributed by atoms with Gasteiger partial charge in [-0.3, -0.25) is 9.59 Å². The van der Waals surface area contributed by atoms with E-state index < -0.39 is 0 Å². The van der Waals surface area contributed by atoms with Gasteiger partial charge in [0.15, 0.2) is 0 Å². The molecule has 0 spiro atoms. The van der Waals surface area contributed by atoms with E-state index in [-0.39, 0.29) is 17.9 Å². The fourth-order valence-corrected chi connectivity index (χ4v) is 2.88. The lowest BCUT2D eigenvalue weighted by atomic mass is 9.95. The summed E-state index contributed by atoms with van der Waals surface area (Å²) in [5, 5.41) is 5.85. The lowest BCUT2D eigenvalue weighted by Crippen LogP contribution is -2.36. The lowest BCUT2D eigenvalue weighted by Gasteiger charge is -2.23. The maximum Gasteiger partial charge on any atom is 0.251 e. The van der Waals surface area contributed by atoms with Crippen LogP contribution in [0.4, 0.5) is 5.69 Å². The molecule has 1 heterocycles. The number of carbonyl (C=O) groups is 2. The topological polar surface area (TPSA) is 67.4 Å². The number of hydrogen-bond acceptors (Lipinski definition) is 3. The van der Waals surface area contributed by atoms with Crippen molar-refractivity contribution >= 4 is 17.5 Å². The number of benzene rings is 1. The van der Waals surface area contributed by atoms with Crippen molar-refractivity contribution in [1.82, 2.24) is 5.32 Å². The second kappa shape index (κ2) is 6.16. The molecule has 1 saturated carbocycles. The first-order valence-electron chi connectivity index (χ1n) is 7.60. The molecule has 5 heteroatoms. The average Bonchev–Trinajstić information content (AvgIpc) is 2.68. The van der Waals surface area contributed by atoms with Crippen molar-refractivity contribution in [2.24, 2.45) is 0 Å². The van der Waals surface area contributed by atoms with E-state index in [2.05, 4.69) is 10.6 Å². The smallest absolute Gasteiger partial charge is 0.251 e. The summed E-state index contributed by atoms with van der Waals surface area (Å²) in [4.78, 5) is 23.9. The van der Waals surface area contributed by atoms with Crippen LogP contribution in [0.2, 0.25) is 0 Å². The molecule has 0 aromatic heterocycles. The highest BCUT2D eigenvalue weighted by Gasteiger charge is 2.19. The van der Waals surface area contributed by atoms with Gasteiger partial charge in [0.05, 0.1) is 18.7 Å². The van der Waals surface area contributed by atoms with Crippen molar-refractivity contribution in [2.75, 3.05) is 11.9 Å². The molecule has 112 valence electrons. The predicted octanol–water partition coefficient (Wildman–Crippen LogP) is 2.47. The standard InChI is InChI=1S/C16H20N2O3/c19-15-8-9-21-14-7-6-11(10-13(14)18-15)16(20)17-12-4-2-1-3-5-12/h6-7,10,12H,1-5,8-9H2,(H,17,20)(H,18,19). The second-order valence-electron chi connectivity index (χ2n) is 5.67. The number of ether oxygens (including phenoxy) is 1. The molecule has 0 saturated heterocycles. The monoisotopic (exact) mass is 288 g/mol. The van der Waals surface area contributed by atoms with Gasteiger partial charge in [0.1, 0.15) is 5.75 Å². The fourth-order valence-electron chi connectivity index (χ4n) is 2.88. The zero-order valence-electron chi connectivity index (χ0n) is 12.0. The third kappa shape index (κ3) is 3.35. The van der Waals surface area contributed by atoms with E-state index in [4.69, 9.17) is 4.74 Å². The molecule has 2 aliphatic rings. The summed E-state index contributed by atoms with van der Waals surface area (Å²) in [5.41, 5.74) is 1.14. The summed E-state index contributed by atoms with van der Waals surface area (Å²) in [6.07, 6.45) is 6.05. The van der Waals surface area contributed by atoms with E-state index >= 15 is 0 Å². The van der Waals surface area contributed by atoms with E-state index in [1.165, 1.54) is 19.3 Å². The zero-order chi connectivity index (χ0) is 14.7. The van der Waals surface area contributed by atoms with Crippen molar-refractivity contribution in [3.05, 3.63) is 23.8 Å². The molecule has 1 aliphatic carbocycles. The molecule has 0 unspecified atom stereocenters. The maximum absolute atomic E-state index is 12.3. The van der Waals surface area contributed by atoms with Gasteiger partial charge in [0, 0.05) is 11.6 Å². The van der Waals surface area contributed by atoms with Gasteiger partial charge in [-0.2, -0.15) is 0 Å². The highest BCUT2D eigenvalue weighted by Crippen LogP contribution is 2.28. The number of anilines is 1. The first kappa shape index (κ1) is 13.9. The van der Waals surface area contributed by atoms with Gasteiger partial charge in [-0.1, -0.05) is 19.3 Å². The van der Waals surface area contributed by atoms with E-state index in [9.17, 15) is 9.59 Å². The third-order valence-corrected chi connectivity index (χ3v) is 4.04. The molecule has 0 radical (unpaired) electrons. The molecule has 1 fully saturated rings. The van der Waals surface area contributed by atoms with Crippen LogP contribution in [0, 0.1) is 0 Å². The van der Waals surface area contributed by atoms with Crippen LogP contribution in [0.25, 0.3) is 0 Å². The molecule has 2 amide bonds. The molecule has 0 bridgehead atoms. The summed E-state index contributed by atoms with van der Waals surface area (Å²) in [6.45, 7) is 0.368. The molecule has 1 aliphatic heterocycles. The number of hydrogen-bond donors (Lipinski definition) is 2. The highest BCUT2D eigenvalue weighted by molar-refractivity contribution is 5.98. The van der Waals surface area contributed by atoms with Crippen LogP contribution in [0.1, 0.15) is 48.9 Å². The Balaban J connectivity index is 1.73. The first-order chi connectivity index (χ1) is 10.2. The molecule has 1 aromatic rings. The lowest BCUT2D eigenvalue weighted by molar-refractivity contribution is -0.116. The number of fused-ring (bicyclic) bond motifs is 1. The van der Waals surface area contributed by atoms with E-state index in [0.717, 1.165) is 12.8 Å². The van der Waals surface area contributed by atoms with Gasteiger partial charge < -0.3 is 15.4 Å². The van der Waals surface area contributed by atoms with Crippen molar-refractivity contribution in [1.29, 1.82) is 0 Å². The second-order valence-corrected chi connectivity index (χ2v) is 5.67. The van der Waals surface area contributed by atoms with E-state index in [1.54, 1.807) is 18.2 Å². The minimum atomic E-state index is -0.0846. The van der Waals surface area contributed by atoms with Gasteiger partial charge in [0.2, 0.25) is 5.91 Å². The summed E-state index contributed by atoms with van der Waals surface area (Å²) in [5.74, 6) is 0.455. The highest BCUT2D eigenvalue weighted by atomic mass is 16.5. The zero-order valence-corrected chi connectivity index (χ0v) is 12.0. The molecular formula is C16H20N2O3. The van der Waals surface area contributed by atoms with Crippen LogP contribution in [0.3, 0.4) is 0 Å². The summed E-state index contributed by atoms with van der Waals surface area (Å²) < 4.78 is 5.49. The number of carbonyl (C=O) groups excluding carboxylic acids is 2. The molecule has 21 heavy (non-hydrogen) atoms. The van der Waals surface area contributed by atoms with Crippen LogP contribution in [-0.2, 0) is 4.79 Å². The van der Waals surface area contributed by atoms with Gasteiger partial charge in [-0.25, -0.2) is 0 Å². The minimum Gasteiger partial charge on any atom is -0.491 e. The Labute approximate surface area is 124 Å². The Morgan fingerprint density at radius 3 is 2.86 bits per heavy atom. The molecule has 0 atom stereocenters. The van der Waals surface area contributed by atoms with Crippen molar-refractivity contribution < 1.29 is 14.3 Å². The Hall–Kier alpha value is -2.04. The SMILES string of the molecule is O=C1CCOc2ccc(C(=O)NC3CCCCC3)cc2N1. The van der Waals surface area contributed by atoms with Crippen LogP contribution in [-0.4, -0.2) is 24.5 Å². The maximum atomic E-state index is 12.3. The van der Waals surface area contributed by atoms with Gasteiger partial charge in [-0.05, 0) is 31.0 Å². The van der Waals surface area contributed by atoms with Crippen LogP contribution in [0.15, 0.2) is 18.2 Å². The normalized spacial score (nSPS) is 19.0. The Kier molecular flexibility index (Phi) is 4.08.